The second-order valence-corrected chi connectivity index (χ2v) is 14.4. The molecule has 0 aromatic heterocycles. The molecule has 1 nitrogen and oxygen atoms in total. The van der Waals surface area contributed by atoms with Gasteiger partial charge in [-0.25, -0.2) is 0 Å². The van der Waals surface area contributed by atoms with Crippen molar-refractivity contribution in [3.63, 3.8) is 0 Å². The largest absolute Gasteiger partial charge is 0.307 e. The summed E-state index contributed by atoms with van der Waals surface area (Å²) in [4.78, 5) is 5.34. The highest BCUT2D eigenvalue weighted by Crippen LogP contribution is 2.66. The van der Waals surface area contributed by atoms with Crippen LogP contribution in [0, 0.1) is 0 Å². The van der Waals surface area contributed by atoms with Crippen LogP contribution in [-0.2, 0) is 10.8 Å². The van der Waals surface area contributed by atoms with Crippen molar-refractivity contribution in [1.29, 1.82) is 0 Å². The number of rotatable bonds is 1. The van der Waals surface area contributed by atoms with Gasteiger partial charge in [0.1, 0.15) is 0 Å². The minimum Gasteiger partial charge on any atom is -0.307 e. The molecule has 0 bridgehead atoms. The Bertz CT molecular complexity index is 2120. The van der Waals surface area contributed by atoms with E-state index in [1.807, 2.05) is 11.8 Å². The third-order valence-electron chi connectivity index (χ3n) is 10.6. The van der Waals surface area contributed by atoms with Crippen LogP contribution in [0.4, 0.5) is 17.1 Å². The molecule has 0 fully saturated rings. The Hall–Kier alpha value is -4.27. The van der Waals surface area contributed by atoms with Crippen molar-refractivity contribution < 1.29 is 0 Å². The standard InChI is InChI=1S/C40H29NS/c1-39(2)29-14-8-16-33-37(29)41-36-31(39)20-22(21-32(36)40(3,4)30-15-9-17-34(42-33)38(30)41)23-18-19-28-25-11-6-5-10-24(25)27-13-7-12-26(23)35(27)28/h5-21H,1-4H3. The molecule has 2 heteroatoms. The lowest BCUT2D eigenvalue weighted by atomic mass is 9.65. The number of hydrogen-bond acceptors (Lipinski definition) is 2. The number of fused-ring (bicyclic) bond motifs is 3. The summed E-state index contributed by atoms with van der Waals surface area (Å²) in [5.41, 5.74) is 17.6. The van der Waals surface area contributed by atoms with Crippen molar-refractivity contribution in [1.82, 2.24) is 0 Å². The van der Waals surface area contributed by atoms with Crippen molar-refractivity contribution in [2.75, 3.05) is 4.90 Å². The molecule has 6 aromatic rings. The van der Waals surface area contributed by atoms with Gasteiger partial charge in [-0.2, -0.15) is 0 Å². The number of nitrogens with zero attached hydrogens (tertiary/aromatic N) is 1. The van der Waals surface area contributed by atoms with E-state index in [-0.39, 0.29) is 10.8 Å². The Morgan fingerprint density at radius 2 is 1.00 bits per heavy atom. The van der Waals surface area contributed by atoms with Crippen LogP contribution in [0.1, 0.15) is 49.9 Å². The van der Waals surface area contributed by atoms with E-state index in [9.17, 15) is 0 Å². The zero-order valence-corrected chi connectivity index (χ0v) is 25.0. The molecule has 42 heavy (non-hydrogen) atoms. The molecule has 200 valence electrons. The summed E-state index contributed by atoms with van der Waals surface area (Å²) in [5.74, 6) is 0. The second kappa shape index (κ2) is 7.38. The van der Waals surface area contributed by atoms with Gasteiger partial charge in [0.2, 0.25) is 0 Å². The Balaban J connectivity index is 1.31. The van der Waals surface area contributed by atoms with Crippen LogP contribution in [-0.4, -0.2) is 0 Å². The molecule has 3 heterocycles. The molecule has 0 unspecified atom stereocenters. The molecular formula is C40H29NS. The van der Waals surface area contributed by atoms with Crippen LogP contribution in [0.5, 0.6) is 0 Å². The maximum atomic E-state index is 2.63. The zero-order chi connectivity index (χ0) is 28.1. The second-order valence-electron chi connectivity index (χ2n) is 13.3. The van der Waals surface area contributed by atoms with E-state index in [2.05, 4.69) is 136 Å². The van der Waals surface area contributed by atoms with Crippen LogP contribution in [0.25, 0.3) is 44.2 Å². The normalized spacial score (nSPS) is 16.8. The first-order valence-electron chi connectivity index (χ1n) is 15.0. The average molecular weight is 556 g/mol. The molecule has 4 aliphatic rings. The highest BCUT2D eigenvalue weighted by Gasteiger charge is 2.48. The van der Waals surface area contributed by atoms with Gasteiger partial charge in [-0.1, -0.05) is 118 Å². The molecule has 0 N–H and O–H groups in total. The van der Waals surface area contributed by atoms with Gasteiger partial charge in [0, 0.05) is 20.6 Å². The lowest BCUT2D eigenvalue weighted by Gasteiger charge is -2.52. The molecule has 6 aromatic carbocycles. The summed E-state index contributed by atoms with van der Waals surface area (Å²) in [5, 5.41) is 2.73. The highest BCUT2D eigenvalue weighted by molar-refractivity contribution is 7.99. The predicted molar refractivity (Wildman–Crippen MR) is 177 cm³/mol. The fourth-order valence-corrected chi connectivity index (χ4v) is 9.59. The molecule has 0 amide bonds. The molecule has 0 saturated carbocycles. The first-order chi connectivity index (χ1) is 20.4. The van der Waals surface area contributed by atoms with Crippen LogP contribution in [0.2, 0.25) is 0 Å². The number of hydrogen-bond donors (Lipinski definition) is 0. The maximum absolute atomic E-state index is 2.63. The van der Waals surface area contributed by atoms with Crippen molar-refractivity contribution in [2.45, 2.75) is 48.3 Å². The fourth-order valence-electron chi connectivity index (χ4n) is 8.47. The minimum atomic E-state index is -0.131. The molecule has 0 radical (unpaired) electrons. The third kappa shape index (κ3) is 2.56. The molecular weight excluding hydrogens is 527 g/mol. The molecule has 10 rings (SSSR count). The molecule has 1 aliphatic carbocycles. The van der Waals surface area contributed by atoms with E-state index in [4.69, 9.17) is 0 Å². The van der Waals surface area contributed by atoms with Gasteiger partial charge in [0.05, 0.1) is 17.1 Å². The summed E-state index contributed by atoms with van der Waals surface area (Å²) < 4.78 is 0. The van der Waals surface area contributed by atoms with Gasteiger partial charge >= 0.3 is 0 Å². The highest BCUT2D eigenvalue weighted by atomic mass is 32.2. The Morgan fingerprint density at radius 3 is 1.62 bits per heavy atom. The van der Waals surface area contributed by atoms with Crippen molar-refractivity contribution in [3.05, 3.63) is 125 Å². The zero-order valence-electron chi connectivity index (χ0n) is 24.2. The summed E-state index contributed by atoms with van der Waals surface area (Å²) >= 11 is 1.93. The Morgan fingerprint density at radius 1 is 0.476 bits per heavy atom. The first kappa shape index (κ1) is 23.3. The van der Waals surface area contributed by atoms with Gasteiger partial charge in [-0.15, -0.1) is 0 Å². The van der Waals surface area contributed by atoms with E-state index in [1.165, 1.54) is 93.3 Å². The van der Waals surface area contributed by atoms with E-state index >= 15 is 0 Å². The predicted octanol–water partition coefficient (Wildman–Crippen LogP) is 11.4. The number of benzene rings is 6. The van der Waals surface area contributed by atoms with Crippen LogP contribution >= 0.6 is 11.8 Å². The van der Waals surface area contributed by atoms with E-state index < -0.39 is 0 Å². The van der Waals surface area contributed by atoms with Crippen LogP contribution in [0.3, 0.4) is 0 Å². The lowest BCUT2D eigenvalue weighted by molar-refractivity contribution is 0.593. The van der Waals surface area contributed by atoms with Gasteiger partial charge in [-0.05, 0) is 90.7 Å². The SMILES string of the molecule is CC1(C)c2cccc3c2N2c4c(cccc4C(C)(C)c4cc(-c5ccc6c7c(cccc57)-c5ccccc5-6)cc1c42)S3. The first-order valence-corrected chi connectivity index (χ1v) is 15.8. The summed E-state index contributed by atoms with van der Waals surface area (Å²) in [6.07, 6.45) is 0. The summed E-state index contributed by atoms with van der Waals surface area (Å²) in [6, 6.07) is 39.3. The fraction of sp³-hybridized carbons (Fsp3) is 0.150. The Kier molecular flexibility index (Phi) is 4.09. The average Bonchev–Trinajstić information content (AvgIpc) is 3.33. The number of para-hydroxylation sites is 2. The quantitative estimate of drug-likeness (QED) is 0.198. The summed E-state index contributed by atoms with van der Waals surface area (Å²) in [7, 11) is 0. The minimum absolute atomic E-state index is 0.131. The van der Waals surface area contributed by atoms with Gasteiger partial charge in [0.15, 0.2) is 0 Å². The van der Waals surface area contributed by atoms with Crippen molar-refractivity contribution >= 4 is 39.6 Å². The summed E-state index contributed by atoms with van der Waals surface area (Å²) in [6.45, 7) is 9.71. The van der Waals surface area contributed by atoms with Crippen molar-refractivity contribution in [3.8, 4) is 33.4 Å². The van der Waals surface area contributed by atoms with E-state index in [0.717, 1.165) is 0 Å². The van der Waals surface area contributed by atoms with Crippen LogP contribution in [0.15, 0.2) is 113 Å². The smallest absolute Gasteiger partial charge is 0.0642 e. The monoisotopic (exact) mass is 555 g/mol. The van der Waals surface area contributed by atoms with Crippen LogP contribution < -0.4 is 4.90 Å². The molecule has 0 saturated heterocycles. The van der Waals surface area contributed by atoms with Gasteiger partial charge < -0.3 is 4.90 Å². The molecule has 0 atom stereocenters. The van der Waals surface area contributed by atoms with Crippen molar-refractivity contribution in [2.24, 2.45) is 0 Å². The molecule has 0 spiro atoms. The van der Waals surface area contributed by atoms with E-state index in [0.29, 0.717) is 0 Å². The number of anilines is 3. The van der Waals surface area contributed by atoms with Gasteiger partial charge in [-0.3, -0.25) is 0 Å². The Labute approximate surface area is 250 Å². The maximum Gasteiger partial charge on any atom is 0.0642 e. The lowest BCUT2D eigenvalue weighted by Crippen LogP contribution is -2.39. The van der Waals surface area contributed by atoms with Gasteiger partial charge in [0.25, 0.3) is 0 Å². The van der Waals surface area contributed by atoms with E-state index in [1.54, 1.807) is 0 Å². The third-order valence-corrected chi connectivity index (χ3v) is 11.6. The molecule has 3 aliphatic heterocycles. The topological polar surface area (TPSA) is 3.24 Å².